The lowest BCUT2D eigenvalue weighted by Crippen LogP contribution is -2.44. The van der Waals surface area contributed by atoms with E-state index in [-0.39, 0.29) is 12.0 Å². The zero-order valence-electron chi connectivity index (χ0n) is 14.3. The Bertz CT molecular complexity index is 733. The van der Waals surface area contributed by atoms with Gasteiger partial charge in [-0.05, 0) is 44.7 Å². The van der Waals surface area contributed by atoms with Crippen LogP contribution < -0.4 is 0 Å². The van der Waals surface area contributed by atoms with Gasteiger partial charge in [-0.25, -0.2) is 4.98 Å². The maximum atomic E-state index is 12.9. The lowest BCUT2D eigenvalue weighted by atomic mass is 10.1. The van der Waals surface area contributed by atoms with Gasteiger partial charge in [-0.15, -0.1) is 0 Å². The predicted molar refractivity (Wildman–Crippen MR) is 92.9 cm³/mol. The fraction of sp³-hybridized carbons (Fsp3) is 0.579. The van der Waals surface area contributed by atoms with Gasteiger partial charge in [0.1, 0.15) is 12.4 Å². The number of hydrogen-bond acceptors (Lipinski definition) is 3. The summed E-state index contributed by atoms with van der Waals surface area (Å²) in [5.74, 6) is 1.80. The third-order valence-electron chi connectivity index (χ3n) is 5.05. The fourth-order valence-electron chi connectivity index (χ4n) is 3.69. The van der Waals surface area contributed by atoms with Crippen LogP contribution in [0.1, 0.15) is 44.3 Å². The standard InChI is InChI=1S/C19H25N3O2/c1-2-24-15-6-5-11-21(12-15)18(23)13-22-17-8-4-3-7-16(17)20-19(22)14-9-10-14/h3-4,7-8,14-15H,2,5-6,9-13H2,1H3/t15-/m1/s1. The molecule has 0 N–H and O–H groups in total. The van der Waals surface area contributed by atoms with E-state index in [0.717, 1.165) is 42.8 Å². The van der Waals surface area contributed by atoms with Crippen LogP contribution in [0.3, 0.4) is 0 Å². The molecule has 2 aromatic rings. The Kier molecular flexibility index (Phi) is 4.27. The first-order valence-corrected chi connectivity index (χ1v) is 9.10. The van der Waals surface area contributed by atoms with Gasteiger partial charge in [-0.1, -0.05) is 12.1 Å². The second-order valence-electron chi connectivity index (χ2n) is 6.88. The van der Waals surface area contributed by atoms with E-state index in [1.165, 1.54) is 12.8 Å². The summed E-state index contributed by atoms with van der Waals surface area (Å²) < 4.78 is 7.87. The number of nitrogens with zero attached hydrogens (tertiary/aromatic N) is 3. The van der Waals surface area contributed by atoms with Crippen LogP contribution in [0.25, 0.3) is 11.0 Å². The van der Waals surface area contributed by atoms with Gasteiger partial charge in [-0.3, -0.25) is 4.79 Å². The van der Waals surface area contributed by atoms with Crippen LogP contribution in [0.15, 0.2) is 24.3 Å². The molecule has 24 heavy (non-hydrogen) atoms. The van der Waals surface area contributed by atoms with Gasteiger partial charge < -0.3 is 14.2 Å². The highest BCUT2D eigenvalue weighted by Crippen LogP contribution is 2.40. The highest BCUT2D eigenvalue weighted by Gasteiger charge is 2.31. The lowest BCUT2D eigenvalue weighted by Gasteiger charge is -2.32. The summed E-state index contributed by atoms with van der Waals surface area (Å²) in [6, 6.07) is 8.14. The highest BCUT2D eigenvalue weighted by atomic mass is 16.5. The summed E-state index contributed by atoms with van der Waals surface area (Å²) in [7, 11) is 0. The van der Waals surface area contributed by atoms with Crippen molar-refractivity contribution in [3.8, 4) is 0 Å². The Labute approximate surface area is 142 Å². The van der Waals surface area contributed by atoms with Crippen LogP contribution in [0.4, 0.5) is 0 Å². The third kappa shape index (κ3) is 3.05. The average molecular weight is 327 g/mol. The van der Waals surface area contributed by atoms with Crippen molar-refractivity contribution in [2.45, 2.75) is 51.2 Å². The van der Waals surface area contributed by atoms with Gasteiger partial charge in [-0.2, -0.15) is 0 Å². The number of hydrogen-bond donors (Lipinski definition) is 0. The van der Waals surface area contributed by atoms with Gasteiger partial charge in [0.25, 0.3) is 0 Å². The molecule has 5 nitrogen and oxygen atoms in total. The molecule has 0 unspecified atom stereocenters. The number of para-hydroxylation sites is 2. The highest BCUT2D eigenvalue weighted by molar-refractivity contribution is 5.81. The van der Waals surface area contributed by atoms with Crippen LogP contribution in [0.2, 0.25) is 0 Å². The van der Waals surface area contributed by atoms with E-state index < -0.39 is 0 Å². The molecule has 1 amide bonds. The number of aromatic nitrogens is 2. The number of benzene rings is 1. The molecule has 0 spiro atoms. The summed E-state index contributed by atoms with van der Waals surface area (Å²) >= 11 is 0. The molecule has 0 bridgehead atoms. The zero-order valence-corrected chi connectivity index (χ0v) is 14.3. The normalized spacial score (nSPS) is 21.4. The van der Waals surface area contributed by atoms with Crippen molar-refractivity contribution < 1.29 is 9.53 Å². The largest absolute Gasteiger partial charge is 0.377 e. The number of piperidine rings is 1. The molecule has 1 aromatic carbocycles. The van der Waals surface area contributed by atoms with Crippen molar-refractivity contribution in [1.29, 1.82) is 0 Å². The van der Waals surface area contributed by atoms with Crippen LogP contribution in [0.5, 0.6) is 0 Å². The van der Waals surface area contributed by atoms with Gasteiger partial charge in [0.15, 0.2) is 0 Å². The topological polar surface area (TPSA) is 47.4 Å². The molecule has 4 rings (SSSR count). The molecule has 0 radical (unpaired) electrons. The molecule has 2 heterocycles. The summed E-state index contributed by atoms with van der Waals surface area (Å²) in [6.07, 6.45) is 4.65. The number of ether oxygens (including phenoxy) is 1. The summed E-state index contributed by atoms with van der Waals surface area (Å²) in [5.41, 5.74) is 2.07. The Morgan fingerprint density at radius 2 is 2.12 bits per heavy atom. The number of amides is 1. The molecule has 5 heteroatoms. The van der Waals surface area contributed by atoms with E-state index in [1.54, 1.807) is 0 Å². The smallest absolute Gasteiger partial charge is 0.242 e. The minimum Gasteiger partial charge on any atom is -0.377 e. The number of carbonyl (C=O) groups is 1. The maximum absolute atomic E-state index is 12.9. The molecule has 2 aliphatic rings. The monoisotopic (exact) mass is 327 g/mol. The number of fused-ring (bicyclic) bond motifs is 1. The average Bonchev–Trinajstić information content (AvgIpc) is 3.39. The van der Waals surface area contributed by atoms with Crippen molar-refractivity contribution in [3.05, 3.63) is 30.1 Å². The van der Waals surface area contributed by atoms with E-state index in [1.807, 2.05) is 30.0 Å². The van der Waals surface area contributed by atoms with Crippen LogP contribution >= 0.6 is 0 Å². The Morgan fingerprint density at radius 1 is 1.29 bits per heavy atom. The third-order valence-corrected chi connectivity index (χ3v) is 5.05. The zero-order chi connectivity index (χ0) is 16.5. The first kappa shape index (κ1) is 15.6. The van der Waals surface area contributed by atoms with Gasteiger partial charge in [0.05, 0.1) is 17.1 Å². The Hall–Kier alpha value is -1.88. The number of carbonyl (C=O) groups excluding carboxylic acids is 1. The van der Waals surface area contributed by atoms with Gasteiger partial charge in [0, 0.05) is 25.6 Å². The minimum absolute atomic E-state index is 0.185. The number of rotatable bonds is 5. The van der Waals surface area contributed by atoms with Crippen LogP contribution in [0, 0.1) is 0 Å². The van der Waals surface area contributed by atoms with E-state index in [0.29, 0.717) is 19.1 Å². The molecule has 2 fully saturated rings. The number of likely N-dealkylation sites (tertiary alicyclic amines) is 1. The lowest BCUT2D eigenvalue weighted by molar-refractivity contribution is -0.135. The molecule has 1 atom stereocenters. The first-order valence-electron chi connectivity index (χ1n) is 9.10. The van der Waals surface area contributed by atoms with E-state index in [2.05, 4.69) is 10.6 Å². The molecular formula is C19H25N3O2. The molecule has 1 saturated carbocycles. The van der Waals surface area contributed by atoms with E-state index in [4.69, 9.17) is 9.72 Å². The Morgan fingerprint density at radius 3 is 2.92 bits per heavy atom. The van der Waals surface area contributed by atoms with Crippen molar-refractivity contribution in [3.63, 3.8) is 0 Å². The van der Waals surface area contributed by atoms with Gasteiger partial charge >= 0.3 is 0 Å². The molecule has 128 valence electrons. The minimum atomic E-state index is 0.185. The second kappa shape index (κ2) is 6.55. The summed E-state index contributed by atoms with van der Waals surface area (Å²) in [5, 5.41) is 0. The van der Waals surface area contributed by atoms with Crippen LogP contribution in [-0.2, 0) is 16.1 Å². The molecule has 1 aromatic heterocycles. The molecule has 1 aliphatic heterocycles. The Balaban J connectivity index is 1.55. The van der Waals surface area contributed by atoms with Crippen LogP contribution in [-0.4, -0.2) is 46.2 Å². The predicted octanol–water partition coefficient (Wildman–Crippen LogP) is 2.94. The van der Waals surface area contributed by atoms with Crippen molar-refractivity contribution in [2.75, 3.05) is 19.7 Å². The quantitative estimate of drug-likeness (QED) is 0.848. The van der Waals surface area contributed by atoms with Crippen molar-refractivity contribution in [1.82, 2.24) is 14.5 Å². The first-order chi connectivity index (χ1) is 11.8. The van der Waals surface area contributed by atoms with E-state index in [9.17, 15) is 4.79 Å². The van der Waals surface area contributed by atoms with E-state index >= 15 is 0 Å². The molecular weight excluding hydrogens is 302 g/mol. The summed E-state index contributed by atoms with van der Waals surface area (Å²) in [6.45, 7) is 4.68. The SMILES string of the molecule is CCO[C@@H]1CCCN(C(=O)Cn2c(C3CC3)nc3ccccc32)C1. The van der Waals surface area contributed by atoms with Crippen molar-refractivity contribution in [2.24, 2.45) is 0 Å². The molecule has 1 aliphatic carbocycles. The fourth-order valence-corrected chi connectivity index (χ4v) is 3.69. The number of imidazole rings is 1. The summed E-state index contributed by atoms with van der Waals surface area (Å²) in [4.78, 5) is 19.6. The maximum Gasteiger partial charge on any atom is 0.242 e. The second-order valence-corrected chi connectivity index (χ2v) is 6.88. The molecule has 1 saturated heterocycles. The van der Waals surface area contributed by atoms with Crippen molar-refractivity contribution >= 4 is 16.9 Å². The van der Waals surface area contributed by atoms with Gasteiger partial charge in [0.2, 0.25) is 5.91 Å².